The Labute approximate surface area is 184 Å². The number of hydrogen-bond donors (Lipinski definition) is 0. The molecule has 3 nitrogen and oxygen atoms in total. The van der Waals surface area contributed by atoms with Crippen LogP contribution in [0.1, 0.15) is 105 Å². The van der Waals surface area contributed by atoms with Crippen molar-refractivity contribution in [3.05, 3.63) is 0 Å². The van der Waals surface area contributed by atoms with E-state index in [-0.39, 0.29) is 12.1 Å². The Bertz CT molecular complexity index is 669. The number of hydrogen-bond acceptors (Lipinski definition) is 3. The molecule has 0 saturated heterocycles. The van der Waals surface area contributed by atoms with Gasteiger partial charge in [-0.25, -0.2) is 0 Å². The van der Waals surface area contributed by atoms with Gasteiger partial charge in [0.25, 0.3) is 0 Å². The maximum atomic E-state index is 12.1. The lowest BCUT2D eigenvalue weighted by Gasteiger charge is -2.60. The summed E-state index contributed by atoms with van der Waals surface area (Å²) in [4.78, 5) is 24.2. The van der Waals surface area contributed by atoms with Crippen LogP contribution in [-0.4, -0.2) is 17.9 Å². The van der Waals surface area contributed by atoms with Gasteiger partial charge >= 0.3 is 5.97 Å². The van der Waals surface area contributed by atoms with E-state index in [4.69, 9.17) is 4.74 Å². The first-order chi connectivity index (χ1) is 14.1. The molecule has 0 spiro atoms. The van der Waals surface area contributed by atoms with Gasteiger partial charge in [-0.15, -0.1) is 0 Å². The highest BCUT2D eigenvalue weighted by Gasteiger charge is 2.60. The average molecular weight is 417 g/mol. The molecule has 0 aromatic carbocycles. The molecule has 0 N–H and O–H groups in total. The lowest BCUT2D eigenvalue weighted by atomic mass is 9.44. The number of esters is 1. The number of rotatable bonds is 5. The van der Waals surface area contributed by atoms with Crippen molar-refractivity contribution in [2.24, 2.45) is 46.3 Å². The Hall–Kier alpha value is -0.860. The van der Waals surface area contributed by atoms with E-state index in [0.29, 0.717) is 34.9 Å². The molecule has 0 radical (unpaired) electrons. The van der Waals surface area contributed by atoms with E-state index >= 15 is 0 Å². The zero-order chi connectivity index (χ0) is 21.7. The third-order valence-corrected chi connectivity index (χ3v) is 10.4. The number of Topliss-reactive ketones (excluding diaryl/α,β-unsaturated/α-hetero) is 1. The third kappa shape index (κ3) is 3.77. The highest BCUT2D eigenvalue weighted by Crippen LogP contribution is 2.68. The summed E-state index contributed by atoms with van der Waals surface area (Å²) in [7, 11) is 0. The van der Waals surface area contributed by atoms with Crippen LogP contribution in [0, 0.1) is 46.3 Å². The van der Waals surface area contributed by atoms with Crippen LogP contribution in [0.3, 0.4) is 0 Å². The van der Waals surface area contributed by atoms with E-state index in [1.165, 1.54) is 38.5 Å². The molecular formula is C27H44O3. The molecule has 3 heteroatoms. The molecule has 0 aromatic heterocycles. The zero-order valence-electron chi connectivity index (χ0n) is 20.0. The molecule has 4 rings (SSSR count). The van der Waals surface area contributed by atoms with Crippen LogP contribution in [0.2, 0.25) is 0 Å². The molecule has 8 atom stereocenters. The first-order valence-electron chi connectivity index (χ1n) is 12.9. The summed E-state index contributed by atoms with van der Waals surface area (Å²) in [6.45, 7) is 11.4. The molecule has 0 heterocycles. The molecule has 0 aliphatic heterocycles. The van der Waals surface area contributed by atoms with E-state index in [0.717, 1.165) is 49.4 Å². The summed E-state index contributed by atoms with van der Waals surface area (Å²) in [6.07, 6.45) is 12.4. The predicted octanol–water partition coefficient (Wildman–Crippen LogP) is 6.58. The first kappa shape index (κ1) is 22.3. The van der Waals surface area contributed by atoms with Crippen LogP contribution in [0.4, 0.5) is 0 Å². The number of carbonyl (C=O) groups excluding carboxylic acids is 2. The SMILES string of the molecule is CC(C)OC(=O)CC[C@@H](C)[C@H]1CCC2C3CCC4CC(=O)CC[C@]4(C)C3CC[C@@]21C. The maximum absolute atomic E-state index is 12.1. The van der Waals surface area contributed by atoms with Gasteiger partial charge in [-0.05, 0) is 112 Å². The Morgan fingerprint density at radius 1 is 1.00 bits per heavy atom. The van der Waals surface area contributed by atoms with E-state index < -0.39 is 0 Å². The van der Waals surface area contributed by atoms with Gasteiger partial charge in [0.15, 0.2) is 0 Å². The molecule has 170 valence electrons. The molecule has 0 amide bonds. The van der Waals surface area contributed by atoms with E-state index in [2.05, 4.69) is 20.8 Å². The van der Waals surface area contributed by atoms with Gasteiger partial charge in [0, 0.05) is 19.3 Å². The molecule has 4 fully saturated rings. The predicted molar refractivity (Wildman–Crippen MR) is 120 cm³/mol. The second kappa shape index (κ2) is 8.24. The van der Waals surface area contributed by atoms with Crippen molar-refractivity contribution >= 4 is 11.8 Å². The molecule has 4 unspecified atom stereocenters. The second-order valence-electron chi connectivity index (χ2n) is 12.2. The Morgan fingerprint density at radius 2 is 1.73 bits per heavy atom. The van der Waals surface area contributed by atoms with Gasteiger partial charge in [0.1, 0.15) is 5.78 Å². The van der Waals surface area contributed by atoms with Crippen molar-refractivity contribution in [1.82, 2.24) is 0 Å². The molecule has 30 heavy (non-hydrogen) atoms. The standard InChI is InChI=1S/C27H44O3/c1-17(2)30-25(29)11-6-18(3)22-9-10-23-21-8-7-19-16-20(28)12-14-26(19,4)24(21)13-15-27(22,23)5/h17-19,21-24H,6-16H2,1-5H3/t18-,19?,21?,22-,23?,24?,26+,27-/m1/s1. The quantitative estimate of drug-likeness (QED) is 0.475. The average Bonchev–Trinajstić information content (AvgIpc) is 3.03. The number of ketones is 1. The van der Waals surface area contributed by atoms with Crippen molar-refractivity contribution in [1.29, 1.82) is 0 Å². The summed E-state index contributed by atoms with van der Waals surface area (Å²) in [5.74, 6) is 5.01. The molecule has 0 aromatic rings. The summed E-state index contributed by atoms with van der Waals surface area (Å²) in [5.41, 5.74) is 0.846. The van der Waals surface area contributed by atoms with Crippen molar-refractivity contribution in [2.75, 3.05) is 0 Å². The smallest absolute Gasteiger partial charge is 0.306 e. The molecule has 4 aliphatic rings. The minimum atomic E-state index is -0.0293. The second-order valence-corrected chi connectivity index (χ2v) is 12.2. The summed E-state index contributed by atoms with van der Waals surface area (Å²) in [5, 5.41) is 0. The van der Waals surface area contributed by atoms with Crippen LogP contribution >= 0.6 is 0 Å². The van der Waals surface area contributed by atoms with Gasteiger partial charge in [-0.1, -0.05) is 20.8 Å². The van der Waals surface area contributed by atoms with Gasteiger partial charge in [0.05, 0.1) is 6.10 Å². The van der Waals surface area contributed by atoms with E-state index in [1.807, 2.05) is 13.8 Å². The van der Waals surface area contributed by atoms with Crippen molar-refractivity contribution < 1.29 is 14.3 Å². The fourth-order valence-corrected chi connectivity index (χ4v) is 8.89. The molecule has 0 bridgehead atoms. The summed E-state index contributed by atoms with van der Waals surface area (Å²) < 4.78 is 5.37. The first-order valence-corrected chi connectivity index (χ1v) is 12.9. The number of fused-ring (bicyclic) bond motifs is 5. The van der Waals surface area contributed by atoms with Gasteiger partial charge in [-0.3, -0.25) is 9.59 Å². The van der Waals surface area contributed by atoms with Gasteiger partial charge in [-0.2, -0.15) is 0 Å². The van der Waals surface area contributed by atoms with Gasteiger partial charge < -0.3 is 4.74 Å². The van der Waals surface area contributed by atoms with Crippen molar-refractivity contribution in [3.8, 4) is 0 Å². The van der Waals surface area contributed by atoms with E-state index in [9.17, 15) is 9.59 Å². The largest absolute Gasteiger partial charge is 0.463 e. The monoisotopic (exact) mass is 416 g/mol. The van der Waals surface area contributed by atoms with Crippen LogP contribution in [0.5, 0.6) is 0 Å². The number of ether oxygens (including phenoxy) is 1. The Kier molecular flexibility index (Phi) is 6.14. The van der Waals surface area contributed by atoms with Crippen LogP contribution in [0.25, 0.3) is 0 Å². The lowest BCUT2D eigenvalue weighted by molar-refractivity contribution is -0.148. The maximum Gasteiger partial charge on any atom is 0.306 e. The molecule has 4 aliphatic carbocycles. The highest BCUT2D eigenvalue weighted by atomic mass is 16.5. The van der Waals surface area contributed by atoms with Crippen LogP contribution in [0.15, 0.2) is 0 Å². The van der Waals surface area contributed by atoms with Crippen molar-refractivity contribution in [2.45, 2.75) is 111 Å². The van der Waals surface area contributed by atoms with E-state index in [1.54, 1.807) is 0 Å². The minimum Gasteiger partial charge on any atom is -0.463 e. The fourth-order valence-electron chi connectivity index (χ4n) is 8.89. The Balaban J connectivity index is 1.43. The number of carbonyl (C=O) groups is 2. The molecular weight excluding hydrogens is 372 g/mol. The zero-order valence-corrected chi connectivity index (χ0v) is 20.0. The normalized spacial score (nSPS) is 44.2. The third-order valence-electron chi connectivity index (χ3n) is 10.4. The fraction of sp³-hybridized carbons (Fsp3) is 0.926. The Morgan fingerprint density at radius 3 is 2.47 bits per heavy atom. The summed E-state index contributed by atoms with van der Waals surface area (Å²) in [6, 6.07) is 0. The van der Waals surface area contributed by atoms with Gasteiger partial charge in [0.2, 0.25) is 0 Å². The highest BCUT2D eigenvalue weighted by molar-refractivity contribution is 5.79. The lowest BCUT2D eigenvalue weighted by Crippen LogP contribution is -2.53. The van der Waals surface area contributed by atoms with Crippen LogP contribution in [-0.2, 0) is 14.3 Å². The topological polar surface area (TPSA) is 43.4 Å². The minimum absolute atomic E-state index is 0.0111. The van der Waals surface area contributed by atoms with Crippen LogP contribution < -0.4 is 0 Å². The summed E-state index contributed by atoms with van der Waals surface area (Å²) >= 11 is 0. The molecule has 4 saturated carbocycles. The van der Waals surface area contributed by atoms with Crippen molar-refractivity contribution in [3.63, 3.8) is 0 Å².